The Balaban J connectivity index is 1.91. The van der Waals surface area contributed by atoms with Gasteiger partial charge in [0.1, 0.15) is 11.6 Å². The number of nitrogens with zero attached hydrogens (tertiary/aromatic N) is 1. The minimum Gasteiger partial charge on any atom is -0.444 e. The second-order valence-corrected chi connectivity index (χ2v) is 12.4. The summed E-state index contributed by atoms with van der Waals surface area (Å²) in [5.41, 5.74) is -0.933. The van der Waals surface area contributed by atoms with E-state index in [1.165, 1.54) is 0 Å². The molecule has 4 rings (SSSR count). The Kier molecular flexibility index (Phi) is 7.50. The van der Waals surface area contributed by atoms with Crippen molar-refractivity contribution in [2.24, 2.45) is 11.8 Å². The SMILES string of the molecule is CC(C)(C)OC(=O)N1[C@H]2CC[C@@H]([C@@H]1C(=O)N[C@H](/C=C(\F)S(C)(=O)=O)C[C@@H]1CCNC1=O)C(F)(F)C2. The molecule has 0 unspecified atom stereocenters. The average Bonchev–Trinajstić information content (AvgIpc) is 3.09. The molecule has 4 fully saturated rings. The summed E-state index contributed by atoms with van der Waals surface area (Å²) in [4.78, 5) is 39.3. The van der Waals surface area contributed by atoms with Crippen LogP contribution in [0, 0.1) is 11.8 Å². The Morgan fingerprint density at radius 3 is 2.46 bits per heavy atom. The number of hydrogen-bond donors (Lipinski definition) is 2. The lowest BCUT2D eigenvalue weighted by Crippen LogP contribution is -2.69. The van der Waals surface area contributed by atoms with Gasteiger partial charge in [-0.3, -0.25) is 14.5 Å². The van der Waals surface area contributed by atoms with E-state index in [4.69, 9.17) is 4.74 Å². The standard InChI is InChI=1S/C22H32F3N3O6S/c1-21(2,3)34-20(31)28-14-5-6-15(22(24,25)11-14)17(28)19(30)27-13(10-16(23)35(4,32)33)9-12-7-8-26-18(12)29/h10,12-15,17H,5-9,11H2,1-4H3,(H,26,29)(H,27,30)/b16-10+/t12-,13-,14-,15-,17+/m0/s1. The van der Waals surface area contributed by atoms with Crippen molar-refractivity contribution in [2.45, 2.75) is 82.5 Å². The molecule has 0 spiro atoms. The van der Waals surface area contributed by atoms with E-state index in [-0.39, 0.29) is 25.2 Å². The zero-order valence-electron chi connectivity index (χ0n) is 20.1. The van der Waals surface area contributed by atoms with Crippen LogP contribution < -0.4 is 10.6 Å². The zero-order valence-corrected chi connectivity index (χ0v) is 21.0. The number of ether oxygens (including phenoxy) is 1. The van der Waals surface area contributed by atoms with Gasteiger partial charge in [0, 0.05) is 31.2 Å². The molecule has 0 radical (unpaired) electrons. The number of rotatable bonds is 6. The highest BCUT2D eigenvalue weighted by atomic mass is 32.2. The molecule has 0 aromatic heterocycles. The fourth-order valence-electron chi connectivity index (χ4n) is 4.98. The van der Waals surface area contributed by atoms with Crippen molar-refractivity contribution < 1.29 is 40.7 Å². The summed E-state index contributed by atoms with van der Waals surface area (Å²) in [5.74, 6) is -6.64. The van der Waals surface area contributed by atoms with Crippen LogP contribution in [0.15, 0.2) is 11.2 Å². The first-order chi connectivity index (χ1) is 16.0. The molecule has 2 N–H and O–H groups in total. The second kappa shape index (κ2) is 9.62. The highest BCUT2D eigenvalue weighted by Crippen LogP contribution is 2.49. The largest absolute Gasteiger partial charge is 0.444 e. The molecular formula is C22H32F3N3O6S. The van der Waals surface area contributed by atoms with Gasteiger partial charge in [-0.2, -0.15) is 4.39 Å². The van der Waals surface area contributed by atoms with Gasteiger partial charge < -0.3 is 15.4 Å². The fourth-order valence-corrected chi connectivity index (χ4v) is 5.39. The number of carbonyl (C=O) groups excluding carboxylic acids is 3. The van der Waals surface area contributed by atoms with Crippen LogP contribution in [0.5, 0.6) is 0 Å². The van der Waals surface area contributed by atoms with Gasteiger partial charge in [-0.15, -0.1) is 0 Å². The van der Waals surface area contributed by atoms with Crippen molar-refractivity contribution in [3.8, 4) is 0 Å². The number of amides is 3. The summed E-state index contributed by atoms with van der Waals surface area (Å²) in [7, 11) is -4.24. The Morgan fingerprint density at radius 2 is 1.94 bits per heavy atom. The van der Waals surface area contributed by atoms with Crippen molar-refractivity contribution in [1.82, 2.24) is 15.5 Å². The Bertz CT molecular complexity index is 1010. The van der Waals surface area contributed by atoms with E-state index in [9.17, 15) is 36.0 Å². The lowest BCUT2D eigenvalue weighted by atomic mass is 9.71. The average molecular weight is 524 g/mol. The number of piperidine rings is 2. The van der Waals surface area contributed by atoms with Gasteiger partial charge in [0.05, 0.1) is 12.0 Å². The van der Waals surface area contributed by atoms with Gasteiger partial charge in [0.25, 0.3) is 5.92 Å². The predicted octanol–water partition coefficient (Wildman–Crippen LogP) is 2.28. The van der Waals surface area contributed by atoms with E-state index in [0.29, 0.717) is 25.3 Å². The van der Waals surface area contributed by atoms with E-state index >= 15 is 0 Å². The number of halogens is 3. The first kappa shape index (κ1) is 27.3. The van der Waals surface area contributed by atoms with E-state index in [2.05, 4.69) is 10.6 Å². The smallest absolute Gasteiger partial charge is 0.411 e. The van der Waals surface area contributed by atoms with Crippen molar-refractivity contribution in [1.29, 1.82) is 0 Å². The number of carbonyl (C=O) groups is 3. The van der Waals surface area contributed by atoms with Gasteiger partial charge in [0.2, 0.25) is 26.8 Å². The molecule has 2 bridgehead atoms. The van der Waals surface area contributed by atoms with Crippen LogP contribution in [0.2, 0.25) is 0 Å². The van der Waals surface area contributed by atoms with Crippen LogP contribution in [0.4, 0.5) is 18.0 Å². The van der Waals surface area contributed by atoms with Crippen LogP contribution >= 0.6 is 0 Å². The third-order valence-electron chi connectivity index (χ3n) is 6.52. The predicted molar refractivity (Wildman–Crippen MR) is 120 cm³/mol. The first-order valence-corrected chi connectivity index (χ1v) is 13.4. The second-order valence-electron chi connectivity index (χ2n) is 10.5. The quantitative estimate of drug-likeness (QED) is 0.551. The monoisotopic (exact) mass is 523 g/mol. The van der Waals surface area contributed by atoms with E-state index in [0.717, 1.165) is 4.90 Å². The van der Waals surface area contributed by atoms with Crippen molar-refractivity contribution >= 4 is 27.7 Å². The van der Waals surface area contributed by atoms with Gasteiger partial charge in [-0.1, -0.05) is 0 Å². The van der Waals surface area contributed by atoms with Crippen LogP contribution in [0.25, 0.3) is 0 Å². The van der Waals surface area contributed by atoms with Gasteiger partial charge in [0.15, 0.2) is 0 Å². The summed E-state index contributed by atoms with van der Waals surface area (Å²) < 4.78 is 72.5. The molecule has 3 heterocycles. The summed E-state index contributed by atoms with van der Waals surface area (Å²) >= 11 is 0. The molecule has 198 valence electrons. The summed E-state index contributed by atoms with van der Waals surface area (Å²) in [5, 5.41) is 3.51. The van der Waals surface area contributed by atoms with Crippen molar-refractivity contribution in [2.75, 3.05) is 12.8 Å². The van der Waals surface area contributed by atoms with Gasteiger partial charge in [-0.25, -0.2) is 22.0 Å². The lowest BCUT2D eigenvalue weighted by Gasteiger charge is -2.53. The van der Waals surface area contributed by atoms with E-state index in [1.54, 1.807) is 20.8 Å². The maximum absolute atomic E-state index is 14.8. The minimum atomic E-state index is -4.24. The highest BCUT2D eigenvalue weighted by molar-refractivity contribution is 7.94. The number of nitrogens with one attached hydrogen (secondary N) is 2. The third kappa shape index (κ3) is 6.28. The Labute approximate surface area is 202 Å². The number of fused-ring (bicyclic) bond motifs is 3. The molecule has 1 aliphatic carbocycles. The van der Waals surface area contributed by atoms with Gasteiger partial charge in [-0.05, 0) is 52.5 Å². The van der Waals surface area contributed by atoms with E-state index < -0.39 is 74.9 Å². The highest BCUT2D eigenvalue weighted by Gasteiger charge is 2.61. The Hall–Kier alpha value is -2.31. The fraction of sp³-hybridized carbons (Fsp3) is 0.773. The Morgan fingerprint density at radius 1 is 1.29 bits per heavy atom. The molecule has 9 nitrogen and oxygen atoms in total. The van der Waals surface area contributed by atoms with Crippen LogP contribution in [0.3, 0.4) is 0 Å². The first-order valence-electron chi connectivity index (χ1n) is 11.5. The third-order valence-corrected chi connectivity index (χ3v) is 7.37. The van der Waals surface area contributed by atoms with Crippen molar-refractivity contribution in [3.63, 3.8) is 0 Å². The minimum absolute atomic E-state index is 0.00170. The normalized spacial score (nSPS) is 29.5. The molecule has 35 heavy (non-hydrogen) atoms. The molecule has 3 saturated heterocycles. The van der Waals surface area contributed by atoms with Crippen LogP contribution in [-0.4, -0.2) is 73.7 Å². The number of alkyl halides is 2. The summed E-state index contributed by atoms with van der Waals surface area (Å²) in [6.45, 7) is 5.20. The summed E-state index contributed by atoms with van der Waals surface area (Å²) in [6.07, 6.45) is 0.318. The molecule has 0 aromatic carbocycles. The van der Waals surface area contributed by atoms with Gasteiger partial charge >= 0.3 is 6.09 Å². The number of hydrogen-bond acceptors (Lipinski definition) is 6. The van der Waals surface area contributed by atoms with Crippen molar-refractivity contribution in [3.05, 3.63) is 11.2 Å². The summed E-state index contributed by atoms with van der Waals surface area (Å²) in [6, 6.07) is -3.80. The molecule has 5 atom stereocenters. The molecule has 4 aliphatic rings. The molecule has 3 amide bonds. The molecular weight excluding hydrogens is 491 g/mol. The number of sulfone groups is 1. The lowest BCUT2D eigenvalue weighted by molar-refractivity contribution is -0.184. The van der Waals surface area contributed by atoms with Crippen LogP contribution in [-0.2, 0) is 24.2 Å². The maximum Gasteiger partial charge on any atom is 0.411 e. The topological polar surface area (TPSA) is 122 Å². The van der Waals surface area contributed by atoms with E-state index in [1.807, 2.05) is 0 Å². The zero-order chi connectivity index (χ0) is 26.3. The molecule has 0 aromatic rings. The molecule has 13 heteroatoms. The molecule has 3 aliphatic heterocycles. The van der Waals surface area contributed by atoms with Crippen LogP contribution in [0.1, 0.15) is 52.9 Å². The maximum atomic E-state index is 14.8. The molecule has 1 saturated carbocycles.